The van der Waals surface area contributed by atoms with E-state index in [1.807, 2.05) is 20.0 Å². The third-order valence-electron chi connectivity index (χ3n) is 2.80. The van der Waals surface area contributed by atoms with Crippen LogP contribution in [0.2, 0.25) is 5.02 Å². The van der Waals surface area contributed by atoms with Crippen molar-refractivity contribution in [1.82, 2.24) is 9.78 Å². The number of rotatable bonds is 5. The molecule has 0 saturated carbocycles. The van der Waals surface area contributed by atoms with Gasteiger partial charge in [0, 0.05) is 7.05 Å². The lowest BCUT2D eigenvalue weighted by Gasteiger charge is -2.08. The lowest BCUT2D eigenvalue weighted by Crippen LogP contribution is -2.12. The Hall–Kier alpha value is -1.72. The lowest BCUT2D eigenvalue weighted by molar-refractivity contribution is 0.295. The van der Waals surface area contributed by atoms with Gasteiger partial charge in [-0.1, -0.05) is 11.6 Å². The molecule has 0 aliphatic rings. The van der Waals surface area contributed by atoms with E-state index in [2.05, 4.69) is 10.1 Å². The quantitative estimate of drug-likeness (QED) is 0.521. The molecule has 0 saturated heterocycles. The van der Waals surface area contributed by atoms with Gasteiger partial charge in [-0.2, -0.15) is 5.10 Å². The number of alkyl halides is 1. The van der Waals surface area contributed by atoms with Gasteiger partial charge in [-0.15, -0.1) is 11.6 Å². The maximum Gasteiger partial charge on any atom is 0.138 e. The van der Waals surface area contributed by atoms with Gasteiger partial charge in [0.15, 0.2) is 0 Å². The normalized spacial score (nSPS) is 11.7. The summed E-state index contributed by atoms with van der Waals surface area (Å²) < 4.78 is 7.49. The van der Waals surface area contributed by atoms with E-state index in [4.69, 9.17) is 33.7 Å². The summed E-state index contributed by atoms with van der Waals surface area (Å²) in [6.07, 6.45) is 0. The second kappa shape index (κ2) is 6.83. The first-order chi connectivity index (χ1) is 9.99. The standard InChI is InChI=1S/C14H16Cl2N4O/c1-9-5-11(20(2)19-9)8-21-13-4-3-10(6-12(13)16)18-14(17)7-15/h3-6H,7-8H2,1-2H3,(H2,17,18). The van der Waals surface area contributed by atoms with E-state index in [1.54, 1.807) is 22.9 Å². The van der Waals surface area contributed by atoms with Gasteiger partial charge < -0.3 is 10.5 Å². The zero-order valence-corrected chi connectivity index (χ0v) is 13.3. The molecule has 0 atom stereocenters. The van der Waals surface area contributed by atoms with E-state index in [-0.39, 0.29) is 5.88 Å². The fourth-order valence-electron chi connectivity index (χ4n) is 1.82. The van der Waals surface area contributed by atoms with Crippen molar-refractivity contribution in [2.45, 2.75) is 13.5 Å². The lowest BCUT2D eigenvalue weighted by atomic mass is 10.3. The van der Waals surface area contributed by atoms with Gasteiger partial charge in [-0.25, -0.2) is 4.99 Å². The third kappa shape index (κ3) is 4.12. The predicted molar refractivity (Wildman–Crippen MR) is 85.7 cm³/mol. The van der Waals surface area contributed by atoms with Crippen LogP contribution in [0.25, 0.3) is 0 Å². The van der Waals surface area contributed by atoms with Gasteiger partial charge in [-0.3, -0.25) is 4.68 Å². The van der Waals surface area contributed by atoms with Gasteiger partial charge in [0.05, 0.1) is 28.0 Å². The smallest absolute Gasteiger partial charge is 0.138 e. The summed E-state index contributed by atoms with van der Waals surface area (Å²) in [6.45, 7) is 2.33. The highest BCUT2D eigenvalue weighted by atomic mass is 35.5. The molecule has 0 radical (unpaired) electrons. The Morgan fingerprint density at radius 3 is 2.76 bits per heavy atom. The molecule has 2 N–H and O–H groups in total. The van der Waals surface area contributed by atoms with Crippen LogP contribution in [0.1, 0.15) is 11.4 Å². The Morgan fingerprint density at radius 1 is 1.43 bits per heavy atom. The average Bonchev–Trinajstić information content (AvgIpc) is 2.76. The molecular formula is C14H16Cl2N4O. The Labute approximate surface area is 133 Å². The van der Waals surface area contributed by atoms with Gasteiger partial charge in [-0.05, 0) is 31.2 Å². The SMILES string of the molecule is Cc1cc(COc2ccc(N=C(N)CCl)cc2Cl)n(C)n1. The van der Waals surface area contributed by atoms with Crippen molar-refractivity contribution in [2.24, 2.45) is 17.8 Å². The molecule has 1 aromatic carbocycles. The second-order valence-corrected chi connectivity index (χ2v) is 5.22. The van der Waals surface area contributed by atoms with Crippen molar-refractivity contribution in [3.8, 4) is 5.75 Å². The summed E-state index contributed by atoms with van der Waals surface area (Å²) in [6, 6.07) is 7.18. The van der Waals surface area contributed by atoms with E-state index >= 15 is 0 Å². The van der Waals surface area contributed by atoms with Crippen LogP contribution in [0.15, 0.2) is 29.3 Å². The summed E-state index contributed by atoms with van der Waals surface area (Å²) in [5, 5.41) is 4.73. The molecule has 1 aromatic heterocycles. The number of amidine groups is 1. The molecule has 0 bridgehead atoms. The minimum atomic E-state index is 0.176. The van der Waals surface area contributed by atoms with Crippen LogP contribution in [0.4, 0.5) is 5.69 Å². The van der Waals surface area contributed by atoms with Crippen LogP contribution < -0.4 is 10.5 Å². The van der Waals surface area contributed by atoms with Crippen LogP contribution in [0.5, 0.6) is 5.75 Å². The van der Waals surface area contributed by atoms with E-state index in [9.17, 15) is 0 Å². The summed E-state index contributed by atoms with van der Waals surface area (Å²) in [5.74, 6) is 1.10. The number of benzene rings is 1. The third-order valence-corrected chi connectivity index (χ3v) is 3.37. The van der Waals surface area contributed by atoms with Crippen LogP contribution in [0, 0.1) is 6.92 Å². The molecule has 2 aromatic rings. The first kappa shape index (κ1) is 15.7. The minimum absolute atomic E-state index is 0.176. The second-order valence-electron chi connectivity index (χ2n) is 4.54. The number of aromatic nitrogens is 2. The highest BCUT2D eigenvalue weighted by Crippen LogP contribution is 2.29. The average molecular weight is 327 g/mol. The predicted octanol–water partition coefficient (Wildman–Crippen LogP) is 3.19. The maximum atomic E-state index is 6.18. The number of nitrogens with zero attached hydrogens (tertiary/aromatic N) is 3. The molecule has 0 spiro atoms. The Bertz CT molecular complexity index is 667. The van der Waals surface area contributed by atoms with Crippen molar-refractivity contribution in [1.29, 1.82) is 0 Å². The number of aliphatic imine (C=N–C) groups is 1. The van der Waals surface area contributed by atoms with Crippen LogP contribution >= 0.6 is 23.2 Å². The molecule has 7 heteroatoms. The Kier molecular flexibility index (Phi) is 5.09. The van der Waals surface area contributed by atoms with Crippen molar-refractivity contribution < 1.29 is 4.74 Å². The maximum absolute atomic E-state index is 6.18. The van der Waals surface area contributed by atoms with Crippen LogP contribution in [-0.4, -0.2) is 21.5 Å². The van der Waals surface area contributed by atoms with E-state index in [0.717, 1.165) is 11.4 Å². The van der Waals surface area contributed by atoms with Gasteiger partial charge in [0.25, 0.3) is 0 Å². The Morgan fingerprint density at radius 2 is 2.19 bits per heavy atom. The van der Waals surface area contributed by atoms with E-state index in [0.29, 0.717) is 28.9 Å². The first-order valence-electron chi connectivity index (χ1n) is 6.30. The molecule has 0 amide bonds. The summed E-state index contributed by atoms with van der Waals surface area (Å²) in [5.41, 5.74) is 8.14. The zero-order chi connectivity index (χ0) is 15.4. The summed E-state index contributed by atoms with van der Waals surface area (Å²) >= 11 is 11.8. The zero-order valence-electron chi connectivity index (χ0n) is 11.8. The molecule has 0 fully saturated rings. The molecule has 112 valence electrons. The highest BCUT2D eigenvalue weighted by Gasteiger charge is 2.06. The Balaban J connectivity index is 2.09. The fourth-order valence-corrected chi connectivity index (χ4v) is 2.11. The van der Waals surface area contributed by atoms with Crippen molar-refractivity contribution in [3.05, 3.63) is 40.7 Å². The molecule has 1 heterocycles. The van der Waals surface area contributed by atoms with E-state index in [1.165, 1.54) is 0 Å². The minimum Gasteiger partial charge on any atom is -0.486 e. The molecule has 0 aliphatic heterocycles. The largest absolute Gasteiger partial charge is 0.486 e. The number of hydrogen-bond donors (Lipinski definition) is 1. The van der Waals surface area contributed by atoms with Crippen molar-refractivity contribution >= 4 is 34.7 Å². The number of ether oxygens (including phenoxy) is 1. The van der Waals surface area contributed by atoms with Crippen molar-refractivity contribution in [2.75, 3.05) is 5.88 Å². The van der Waals surface area contributed by atoms with Crippen LogP contribution in [-0.2, 0) is 13.7 Å². The number of halogens is 2. The van der Waals surface area contributed by atoms with Gasteiger partial charge in [0.2, 0.25) is 0 Å². The fraction of sp³-hybridized carbons (Fsp3) is 0.286. The molecule has 2 rings (SSSR count). The molecule has 0 unspecified atom stereocenters. The topological polar surface area (TPSA) is 65.4 Å². The molecular weight excluding hydrogens is 311 g/mol. The van der Waals surface area contributed by atoms with Gasteiger partial charge >= 0.3 is 0 Å². The highest BCUT2D eigenvalue weighted by molar-refractivity contribution is 6.32. The monoisotopic (exact) mass is 326 g/mol. The van der Waals surface area contributed by atoms with Crippen LogP contribution in [0.3, 0.4) is 0 Å². The number of hydrogen-bond acceptors (Lipinski definition) is 3. The first-order valence-corrected chi connectivity index (χ1v) is 7.21. The van der Waals surface area contributed by atoms with Gasteiger partial charge in [0.1, 0.15) is 18.2 Å². The molecule has 0 aliphatic carbocycles. The molecule has 21 heavy (non-hydrogen) atoms. The number of nitrogens with two attached hydrogens (primary N) is 1. The molecule has 5 nitrogen and oxygen atoms in total. The number of aryl methyl sites for hydroxylation is 2. The van der Waals surface area contributed by atoms with E-state index < -0.39 is 0 Å². The summed E-state index contributed by atoms with van der Waals surface area (Å²) in [4.78, 5) is 4.12. The summed E-state index contributed by atoms with van der Waals surface area (Å²) in [7, 11) is 1.88. The van der Waals surface area contributed by atoms with Crippen molar-refractivity contribution in [3.63, 3.8) is 0 Å².